The van der Waals surface area contributed by atoms with Crippen LogP contribution in [0.5, 0.6) is 0 Å². The monoisotopic (exact) mass is 488 g/mol. The number of allylic oxidation sites excluding steroid dienone is 1. The Labute approximate surface area is 154 Å². The summed E-state index contributed by atoms with van der Waals surface area (Å²) in [5, 5.41) is 9.83. The molecule has 0 bridgehead atoms. The van der Waals surface area contributed by atoms with Crippen LogP contribution in [0.25, 0.3) is 5.76 Å². The van der Waals surface area contributed by atoms with E-state index in [1.54, 1.807) is 38.1 Å². The summed E-state index contributed by atoms with van der Waals surface area (Å²) in [6.45, 7) is 10.0. The molecule has 0 aliphatic carbocycles. The van der Waals surface area contributed by atoms with E-state index in [0.29, 0.717) is 11.1 Å². The zero-order chi connectivity index (χ0) is 16.1. The van der Waals surface area contributed by atoms with Gasteiger partial charge >= 0.3 is 33.1 Å². The first-order valence-corrected chi connectivity index (χ1v) is 6.76. The van der Waals surface area contributed by atoms with E-state index < -0.39 is 0 Å². The molecule has 0 radical (unpaired) electrons. The fraction of sp³-hybridized carbons (Fsp3) is 0.105. The van der Waals surface area contributed by atoms with Crippen LogP contribution in [0.2, 0.25) is 0 Å². The molecule has 2 N–H and O–H groups in total. The van der Waals surface area contributed by atoms with Crippen LogP contribution in [0.15, 0.2) is 66.7 Å². The molecule has 0 saturated carbocycles. The van der Waals surface area contributed by atoms with Gasteiger partial charge < -0.3 is 19.0 Å². The predicted molar refractivity (Wildman–Crippen MR) is 97.4 cm³/mol. The van der Waals surface area contributed by atoms with Gasteiger partial charge in [-0.25, -0.2) is 0 Å². The molecule has 0 saturated heterocycles. The number of aliphatic hydroxyl groups excluding tert-OH is 1. The summed E-state index contributed by atoms with van der Waals surface area (Å²) >= 11 is 0. The molecule has 2 rings (SSSR count). The van der Waals surface area contributed by atoms with E-state index in [-0.39, 0.29) is 38.8 Å². The molecule has 112 valence electrons. The molecule has 0 amide bonds. The Morgan fingerprint density at radius 2 is 1.18 bits per heavy atom. The van der Waals surface area contributed by atoms with Crippen molar-refractivity contribution in [1.82, 2.24) is 0 Å². The topological polar surface area (TPSA) is 41.6 Å². The molecular weight excluding hydrogens is 465 g/mol. The van der Waals surface area contributed by atoms with Crippen LogP contribution in [0.4, 0.5) is 0 Å². The van der Waals surface area contributed by atoms with Gasteiger partial charge in [0.15, 0.2) is 0 Å². The second-order valence-corrected chi connectivity index (χ2v) is 3.65. The number of ketones is 1. The fourth-order valence-corrected chi connectivity index (χ4v) is 1.51. The molecule has 2 aromatic rings. The van der Waals surface area contributed by atoms with Crippen LogP contribution >= 0.6 is 0 Å². The normalized spacial score (nSPS) is 9.18. The second-order valence-electron chi connectivity index (χ2n) is 3.65. The molecule has 0 fully saturated rings. The Morgan fingerprint density at radius 3 is 1.59 bits per heavy atom. The van der Waals surface area contributed by atoms with Crippen molar-refractivity contribution in [2.24, 2.45) is 0 Å². The van der Waals surface area contributed by atoms with E-state index in [4.69, 9.17) is 0 Å². The van der Waals surface area contributed by atoms with Crippen LogP contribution in [-0.4, -0.2) is 43.0 Å². The minimum Gasteiger partial charge on any atom is -0.507 e. The molecule has 0 heterocycles. The number of hydrogen-bond acceptors (Lipinski definition) is 1. The number of rotatable bonds is 3. The molecule has 22 heavy (non-hydrogen) atoms. The standard InChI is InChI=1S/C15H12O2.2C2H5.Tl/c16-14(12-7-3-1-4-8-12)11-15(17)13-9-5-2-6-10-13;2*1-2;/h1-11,16H;2*1H2,2H3;/q;2*-1;+3/p+1/b14-11-;;;. The van der Waals surface area contributed by atoms with E-state index in [2.05, 4.69) is 13.8 Å². The van der Waals surface area contributed by atoms with Crippen LogP contribution in [0.3, 0.4) is 0 Å². The number of aliphatic hydroxyl groups is 1. The maximum Gasteiger partial charge on any atom is 3.00 e. The van der Waals surface area contributed by atoms with Crippen molar-refractivity contribution in [3.8, 4) is 0 Å². The third-order valence-corrected chi connectivity index (χ3v) is 2.41. The minimum atomic E-state index is 0. The van der Waals surface area contributed by atoms with Gasteiger partial charge in [-0.1, -0.05) is 48.5 Å². The molecule has 0 spiro atoms. The van der Waals surface area contributed by atoms with Gasteiger partial charge in [-0.3, -0.25) is 4.79 Å². The SMILES string of the molecule is O/C(=C\C(=[OH+])c1ccccc1)c1ccccc1.[CH2-]C.[CH2-]C.[Tl+3]. The maximum absolute atomic E-state index is 9.83. The first-order valence-electron chi connectivity index (χ1n) is 6.76. The van der Waals surface area contributed by atoms with Gasteiger partial charge in [0.25, 0.3) is 0 Å². The smallest absolute Gasteiger partial charge is 0.507 e. The first kappa shape index (κ1) is 22.8. The summed E-state index contributed by atoms with van der Waals surface area (Å²) in [6, 6.07) is 18.2. The molecule has 2 nitrogen and oxygen atoms in total. The summed E-state index contributed by atoms with van der Waals surface area (Å²) in [4.78, 5) is 9.83. The van der Waals surface area contributed by atoms with E-state index in [0.717, 1.165) is 0 Å². The van der Waals surface area contributed by atoms with Gasteiger partial charge in [-0.05, 0) is 12.1 Å². The van der Waals surface area contributed by atoms with Gasteiger partial charge in [0, 0.05) is 5.56 Å². The molecule has 2 aromatic carbocycles. The van der Waals surface area contributed by atoms with Crippen molar-refractivity contribution >= 4 is 38.8 Å². The fourth-order valence-electron chi connectivity index (χ4n) is 1.51. The Kier molecular flexibility index (Phi) is 15.1. The van der Waals surface area contributed by atoms with Crippen LogP contribution in [-0.2, 0) is 0 Å². The van der Waals surface area contributed by atoms with Crippen LogP contribution in [0, 0.1) is 13.8 Å². The number of benzene rings is 2. The van der Waals surface area contributed by atoms with Crippen molar-refractivity contribution in [3.05, 3.63) is 91.7 Å². The molecule has 0 aliphatic rings. The molecule has 3 heteroatoms. The largest absolute Gasteiger partial charge is 3.00 e. The predicted octanol–water partition coefficient (Wildman–Crippen LogP) is 4.48. The van der Waals surface area contributed by atoms with E-state index in [1.165, 1.54) is 6.08 Å². The molecular formula is C19H23O2Tl+2. The van der Waals surface area contributed by atoms with Gasteiger partial charge in [-0.2, -0.15) is 13.8 Å². The third kappa shape index (κ3) is 8.12. The second kappa shape index (κ2) is 14.5. The van der Waals surface area contributed by atoms with Crippen molar-refractivity contribution in [3.63, 3.8) is 0 Å². The van der Waals surface area contributed by atoms with Gasteiger partial charge in [0.05, 0.1) is 11.6 Å². The van der Waals surface area contributed by atoms with Crippen molar-refractivity contribution in [2.75, 3.05) is 0 Å². The third-order valence-electron chi connectivity index (χ3n) is 2.41. The Hall–Kier alpha value is -1.43. The van der Waals surface area contributed by atoms with Crippen LogP contribution in [0.1, 0.15) is 25.0 Å². The first-order chi connectivity index (χ1) is 10.3. The summed E-state index contributed by atoms with van der Waals surface area (Å²) in [5.74, 6) is 0.0962. The van der Waals surface area contributed by atoms with Crippen molar-refractivity contribution < 1.29 is 9.90 Å². The number of hydrogen-bond donors (Lipinski definition) is 1. The quantitative estimate of drug-likeness (QED) is 0.170. The number of carbonyl (C=O) groups excluding carboxylic acids is 1. The van der Waals surface area contributed by atoms with E-state index in [9.17, 15) is 9.90 Å². The average Bonchev–Trinajstić information content (AvgIpc) is 2.60. The minimum absolute atomic E-state index is 0. The van der Waals surface area contributed by atoms with Crippen molar-refractivity contribution in [1.29, 1.82) is 0 Å². The Bertz CT molecular complexity index is 534. The molecule has 0 aliphatic heterocycles. The van der Waals surface area contributed by atoms with Gasteiger partial charge in [-0.15, -0.1) is 0 Å². The van der Waals surface area contributed by atoms with Gasteiger partial charge in [0.2, 0.25) is 0 Å². The molecule has 0 aromatic heterocycles. The van der Waals surface area contributed by atoms with Crippen molar-refractivity contribution in [2.45, 2.75) is 13.8 Å². The molecule has 0 atom stereocenters. The van der Waals surface area contributed by atoms with Gasteiger partial charge in [0.1, 0.15) is 5.76 Å². The zero-order valence-electron chi connectivity index (χ0n) is 13.2. The Balaban J connectivity index is 0. The Morgan fingerprint density at radius 1 is 0.818 bits per heavy atom. The summed E-state index contributed by atoms with van der Waals surface area (Å²) in [7, 11) is 0. The zero-order valence-corrected chi connectivity index (χ0v) is 17.7. The maximum atomic E-state index is 9.83. The summed E-state index contributed by atoms with van der Waals surface area (Å²) in [5.41, 5.74) is 1.35. The summed E-state index contributed by atoms with van der Waals surface area (Å²) < 4.78 is 0. The summed E-state index contributed by atoms with van der Waals surface area (Å²) in [6.07, 6.45) is 1.35. The van der Waals surface area contributed by atoms with Crippen LogP contribution < -0.4 is 0 Å². The average molecular weight is 488 g/mol. The van der Waals surface area contributed by atoms with E-state index in [1.807, 2.05) is 36.4 Å². The van der Waals surface area contributed by atoms with E-state index >= 15 is 0 Å². The molecule has 0 unspecified atom stereocenters.